The zero-order valence-electron chi connectivity index (χ0n) is 13.8. The van der Waals surface area contributed by atoms with Gasteiger partial charge >= 0.3 is 0 Å². The van der Waals surface area contributed by atoms with Crippen molar-refractivity contribution in [3.8, 4) is 0 Å². The summed E-state index contributed by atoms with van der Waals surface area (Å²) in [5.74, 6) is -0.0423. The van der Waals surface area contributed by atoms with Crippen molar-refractivity contribution in [3.63, 3.8) is 0 Å². The van der Waals surface area contributed by atoms with E-state index in [4.69, 9.17) is 9.47 Å². The molecule has 0 aliphatic rings. The van der Waals surface area contributed by atoms with Crippen LogP contribution in [0.5, 0.6) is 0 Å². The highest BCUT2D eigenvalue weighted by molar-refractivity contribution is 6.01. The van der Waals surface area contributed by atoms with Gasteiger partial charge in [0.25, 0.3) is 0 Å². The smallest absolute Gasteiger partial charge is 0.183 e. The predicted octanol–water partition coefficient (Wildman–Crippen LogP) is 3.42. The van der Waals surface area contributed by atoms with Crippen LogP contribution in [0.15, 0.2) is 42.6 Å². The van der Waals surface area contributed by atoms with Gasteiger partial charge in [-0.1, -0.05) is 30.3 Å². The number of allylic oxidation sites excluding steroid dienone is 2. The van der Waals surface area contributed by atoms with Crippen molar-refractivity contribution < 1.29 is 14.3 Å². The highest BCUT2D eigenvalue weighted by Gasteiger charge is 2.10. The summed E-state index contributed by atoms with van der Waals surface area (Å²) in [7, 11) is 3.75. The molecule has 120 valence electrons. The summed E-state index contributed by atoms with van der Waals surface area (Å²) < 4.78 is 11.1. The third-order valence-electron chi connectivity index (χ3n) is 2.82. The summed E-state index contributed by atoms with van der Waals surface area (Å²) in [6.07, 6.45) is 6.27. The number of ether oxygens (including phenoxy) is 2. The fraction of sp³-hybridized carbons (Fsp3) is 0.389. The first-order chi connectivity index (χ1) is 10.6. The number of ketones is 1. The molecule has 0 fully saturated rings. The van der Waals surface area contributed by atoms with Gasteiger partial charge in [0.1, 0.15) is 0 Å². The number of hydrogen-bond acceptors (Lipinski definition) is 4. The second kappa shape index (κ2) is 9.92. The fourth-order valence-corrected chi connectivity index (χ4v) is 1.76. The van der Waals surface area contributed by atoms with Crippen LogP contribution in [0.25, 0.3) is 6.08 Å². The number of nitrogens with zero attached hydrogens (tertiary/aromatic N) is 1. The molecule has 0 unspecified atom stereocenters. The maximum atomic E-state index is 11.6. The second-order valence-electron chi connectivity index (χ2n) is 4.92. The first-order valence-electron chi connectivity index (χ1n) is 7.46. The molecule has 0 heterocycles. The molecule has 0 aliphatic carbocycles. The van der Waals surface area contributed by atoms with Crippen molar-refractivity contribution in [3.05, 3.63) is 53.7 Å². The number of carbonyl (C=O) groups excluding carboxylic acids is 1. The van der Waals surface area contributed by atoms with Crippen LogP contribution in [0.3, 0.4) is 0 Å². The van der Waals surface area contributed by atoms with Crippen molar-refractivity contribution in [2.45, 2.75) is 20.1 Å². The first kappa shape index (κ1) is 18.1. The second-order valence-corrected chi connectivity index (χ2v) is 4.92. The molecule has 0 atom stereocenters. The van der Waals surface area contributed by atoms with Gasteiger partial charge in [-0.25, -0.2) is 0 Å². The average molecular weight is 303 g/mol. The quantitative estimate of drug-likeness (QED) is 0.517. The monoisotopic (exact) mass is 303 g/mol. The van der Waals surface area contributed by atoms with Crippen molar-refractivity contribution in [2.24, 2.45) is 0 Å². The summed E-state index contributed by atoms with van der Waals surface area (Å²) in [4.78, 5) is 13.4. The van der Waals surface area contributed by atoms with Crippen LogP contribution in [0.4, 0.5) is 0 Å². The lowest BCUT2D eigenvalue weighted by Crippen LogP contribution is -2.08. The lowest BCUT2D eigenvalue weighted by molar-refractivity contribution is -0.140. The van der Waals surface area contributed by atoms with Gasteiger partial charge in [0.15, 0.2) is 12.1 Å². The molecule has 0 aliphatic heterocycles. The third kappa shape index (κ3) is 6.70. The van der Waals surface area contributed by atoms with E-state index in [1.54, 1.807) is 18.4 Å². The first-order valence-corrected chi connectivity index (χ1v) is 7.46. The predicted molar refractivity (Wildman–Crippen MR) is 89.3 cm³/mol. The Labute approximate surface area is 133 Å². The summed E-state index contributed by atoms with van der Waals surface area (Å²) in [5, 5.41) is 0. The largest absolute Gasteiger partial charge is 0.383 e. The van der Waals surface area contributed by atoms with Crippen LogP contribution in [0.2, 0.25) is 0 Å². The topological polar surface area (TPSA) is 38.8 Å². The number of hydrogen-bond donors (Lipinski definition) is 0. The van der Waals surface area contributed by atoms with Gasteiger partial charge < -0.3 is 14.4 Å². The molecule has 4 nitrogen and oxygen atoms in total. The van der Waals surface area contributed by atoms with E-state index < -0.39 is 0 Å². The van der Waals surface area contributed by atoms with Gasteiger partial charge in [0, 0.05) is 45.1 Å². The van der Waals surface area contributed by atoms with Gasteiger partial charge in [0.05, 0.1) is 0 Å². The van der Waals surface area contributed by atoms with Crippen LogP contribution in [0.1, 0.15) is 31.3 Å². The molecular weight excluding hydrogens is 278 g/mol. The van der Waals surface area contributed by atoms with Crippen LogP contribution < -0.4 is 0 Å². The standard InChI is InChI=1S/C18H25NO3/c1-5-21-18(22-6-2)16-10-7-15(8-11-16)9-12-17(20)13-14-19(3)4/h7-14,18H,5-6H2,1-4H3/b12-9+,14-13+. The molecule has 1 aromatic carbocycles. The number of rotatable bonds is 9. The Morgan fingerprint density at radius 3 is 2.18 bits per heavy atom. The molecule has 0 spiro atoms. The highest BCUT2D eigenvalue weighted by Crippen LogP contribution is 2.19. The van der Waals surface area contributed by atoms with E-state index in [1.165, 1.54) is 6.08 Å². The summed E-state index contributed by atoms with van der Waals surface area (Å²) >= 11 is 0. The highest BCUT2D eigenvalue weighted by atomic mass is 16.7. The molecule has 1 aromatic rings. The van der Waals surface area contributed by atoms with E-state index in [0.717, 1.165) is 11.1 Å². The maximum Gasteiger partial charge on any atom is 0.183 e. The van der Waals surface area contributed by atoms with Gasteiger partial charge in [-0.05, 0) is 25.5 Å². The summed E-state index contributed by atoms with van der Waals surface area (Å²) in [6.45, 7) is 5.07. The zero-order valence-corrected chi connectivity index (χ0v) is 13.8. The van der Waals surface area contributed by atoms with E-state index in [1.807, 2.05) is 57.1 Å². The van der Waals surface area contributed by atoms with E-state index >= 15 is 0 Å². The van der Waals surface area contributed by atoms with Crippen LogP contribution in [-0.2, 0) is 14.3 Å². The Hall–Kier alpha value is -1.91. The molecule has 0 aromatic heterocycles. The number of benzene rings is 1. The van der Waals surface area contributed by atoms with E-state index in [2.05, 4.69) is 0 Å². The minimum atomic E-state index is -0.335. The molecule has 4 heteroatoms. The molecular formula is C18H25NO3. The Morgan fingerprint density at radius 2 is 1.68 bits per heavy atom. The van der Waals surface area contributed by atoms with Gasteiger partial charge in [-0.2, -0.15) is 0 Å². The van der Waals surface area contributed by atoms with E-state index in [9.17, 15) is 4.79 Å². The lowest BCUT2D eigenvalue weighted by Gasteiger charge is -2.17. The van der Waals surface area contributed by atoms with Crippen molar-refractivity contribution in [1.82, 2.24) is 4.90 Å². The van der Waals surface area contributed by atoms with Crippen LogP contribution in [0, 0.1) is 0 Å². The fourth-order valence-electron chi connectivity index (χ4n) is 1.76. The molecule has 1 rings (SSSR count). The molecule has 0 N–H and O–H groups in total. The molecule has 0 saturated carbocycles. The Bertz CT molecular complexity index is 498. The Kier molecular flexibility index (Phi) is 8.18. The molecule has 0 bridgehead atoms. The lowest BCUT2D eigenvalue weighted by atomic mass is 10.1. The van der Waals surface area contributed by atoms with Crippen LogP contribution >= 0.6 is 0 Å². The molecule has 0 saturated heterocycles. The SMILES string of the molecule is CCOC(OCC)c1ccc(/C=C/C(=O)/C=C/N(C)C)cc1. The number of carbonyl (C=O) groups is 1. The van der Waals surface area contributed by atoms with Gasteiger partial charge in [-0.3, -0.25) is 4.79 Å². The Morgan fingerprint density at radius 1 is 1.09 bits per heavy atom. The van der Waals surface area contributed by atoms with Crippen molar-refractivity contribution >= 4 is 11.9 Å². The molecule has 0 amide bonds. The van der Waals surface area contributed by atoms with Gasteiger partial charge in [0.2, 0.25) is 0 Å². The minimum absolute atomic E-state index is 0.0423. The van der Waals surface area contributed by atoms with Crippen molar-refractivity contribution in [2.75, 3.05) is 27.3 Å². The molecule has 0 radical (unpaired) electrons. The Balaban J connectivity index is 2.69. The third-order valence-corrected chi connectivity index (χ3v) is 2.82. The van der Waals surface area contributed by atoms with Crippen LogP contribution in [-0.4, -0.2) is 38.0 Å². The molecule has 22 heavy (non-hydrogen) atoms. The average Bonchev–Trinajstić information content (AvgIpc) is 2.51. The van der Waals surface area contributed by atoms with Gasteiger partial charge in [-0.15, -0.1) is 0 Å². The maximum absolute atomic E-state index is 11.6. The van der Waals surface area contributed by atoms with E-state index in [0.29, 0.717) is 13.2 Å². The van der Waals surface area contributed by atoms with E-state index in [-0.39, 0.29) is 12.1 Å². The summed E-state index contributed by atoms with van der Waals surface area (Å²) in [6, 6.07) is 7.80. The summed E-state index contributed by atoms with van der Waals surface area (Å²) in [5.41, 5.74) is 1.93. The zero-order chi connectivity index (χ0) is 16.4. The normalized spacial score (nSPS) is 11.7. The minimum Gasteiger partial charge on any atom is -0.383 e. The van der Waals surface area contributed by atoms with Crippen molar-refractivity contribution in [1.29, 1.82) is 0 Å².